The molecule has 1 aliphatic carbocycles. The lowest BCUT2D eigenvalue weighted by molar-refractivity contribution is -0.135. The molecule has 1 aromatic carbocycles. The van der Waals surface area contributed by atoms with Gasteiger partial charge in [0.1, 0.15) is 5.82 Å². The van der Waals surface area contributed by atoms with Crippen molar-refractivity contribution in [3.63, 3.8) is 0 Å². The number of benzene rings is 1. The summed E-state index contributed by atoms with van der Waals surface area (Å²) in [5.74, 6) is 0.124. The highest BCUT2D eigenvalue weighted by atomic mass is 32.2. The summed E-state index contributed by atoms with van der Waals surface area (Å²) in [5, 5.41) is 0. The molecule has 3 rings (SSSR count). The van der Waals surface area contributed by atoms with Gasteiger partial charge in [-0.05, 0) is 31.2 Å². The molecule has 0 spiro atoms. The van der Waals surface area contributed by atoms with Crippen LogP contribution in [0, 0.1) is 11.7 Å². The van der Waals surface area contributed by atoms with Crippen LogP contribution < -0.4 is 0 Å². The highest BCUT2D eigenvalue weighted by Crippen LogP contribution is 2.31. The molecule has 0 aromatic heterocycles. The van der Waals surface area contributed by atoms with Gasteiger partial charge in [0, 0.05) is 24.6 Å². The lowest BCUT2D eigenvalue weighted by atomic mass is 9.82. The van der Waals surface area contributed by atoms with Crippen LogP contribution in [0.25, 0.3) is 0 Å². The first-order chi connectivity index (χ1) is 10.9. The average Bonchev–Trinajstić information content (AvgIpc) is 2.81. The molecule has 0 N–H and O–H groups in total. The first-order valence-electron chi connectivity index (χ1n) is 8.18. The molecule has 2 aliphatic rings. The molecule has 1 aromatic rings. The molecular weight excluding hydrogens is 317 g/mol. The van der Waals surface area contributed by atoms with Crippen molar-refractivity contribution in [3.05, 3.63) is 35.6 Å². The molecule has 0 unspecified atom stereocenters. The van der Waals surface area contributed by atoms with Crippen molar-refractivity contribution in [2.24, 2.45) is 5.92 Å². The van der Waals surface area contributed by atoms with E-state index in [0.717, 1.165) is 19.3 Å². The van der Waals surface area contributed by atoms with Gasteiger partial charge in [-0.1, -0.05) is 24.6 Å². The van der Waals surface area contributed by atoms with E-state index in [9.17, 15) is 17.6 Å². The number of nitrogens with zero attached hydrogens (tertiary/aromatic N) is 1. The van der Waals surface area contributed by atoms with Crippen LogP contribution >= 0.6 is 0 Å². The maximum absolute atomic E-state index is 13.9. The SMILES string of the molecule is O=C(CC1CCC1)N(Cc1ccccc1F)[C@H]1CCS(=O)(=O)C1. The Morgan fingerprint density at radius 3 is 2.52 bits per heavy atom. The van der Waals surface area contributed by atoms with Crippen molar-refractivity contribution < 1.29 is 17.6 Å². The molecule has 1 saturated carbocycles. The second-order valence-corrected chi connectivity index (χ2v) is 8.90. The maximum Gasteiger partial charge on any atom is 0.223 e. The van der Waals surface area contributed by atoms with Crippen LogP contribution in [0.15, 0.2) is 24.3 Å². The second kappa shape index (κ2) is 6.59. The lowest BCUT2D eigenvalue weighted by Gasteiger charge is -2.32. The maximum atomic E-state index is 13.9. The molecule has 4 nitrogen and oxygen atoms in total. The van der Waals surface area contributed by atoms with Gasteiger partial charge in [0.15, 0.2) is 9.84 Å². The minimum atomic E-state index is -3.08. The van der Waals surface area contributed by atoms with Crippen LogP contribution in [-0.2, 0) is 21.2 Å². The molecule has 23 heavy (non-hydrogen) atoms. The minimum absolute atomic E-state index is 0.00212. The number of rotatable bonds is 5. The minimum Gasteiger partial charge on any atom is -0.334 e. The number of hydrogen-bond acceptors (Lipinski definition) is 3. The van der Waals surface area contributed by atoms with E-state index in [4.69, 9.17) is 0 Å². The molecule has 1 atom stereocenters. The van der Waals surface area contributed by atoms with Crippen molar-refractivity contribution in [2.45, 2.75) is 44.7 Å². The predicted octanol–water partition coefficient (Wildman–Crippen LogP) is 2.53. The third-order valence-electron chi connectivity index (χ3n) is 4.96. The molecule has 1 amide bonds. The summed E-state index contributed by atoms with van der Waals surface area (Å²) in [4.78, 5) is 14.3. The zero-order chi connectivity index (χ0) is 16.4. The Kier molecular flexibility index (Phi) is 4.71. The Morgan fingerprint density at radius 1 is 1.22 bits per heavy atom. The summed E-state index contributed by atoms with van der Waals surface area (Å²) in [7, 11) is -3.08. The van der Waals surface area contributed by atoms with E-state index in [1.165, 1.54) is 6.07 Å². The Hall–Kier alpha value is -1.43. The quantitative estimate of drug-likeness (QED) is 0.828. The van der Waals surface area contributed by atoms with E-state index in [1.807, 2.05) is 0 Å². The van der Waals surface area contributed by atoms with Crippen LogP contribution in [0.5, 0.6) is 0 Å². The fraction of sp³-hybridized carbons (Fsp3) is 0.588. The predicted molar refractivity (Wildman–Crippen MR) is 86.0 cm³/mol. The van der Waals surface area contributed by atoms with Gasteiger partial charge in [-0.2, -0.15) is 0 Å². The average molecular weight is 339 g/mol. The number of carbonyl (C=O) groups excluding carboxylic acids is 1. The number of amides is 1. The van der Waals surface area contributed by atoms with Crippen molar-refractivity contribution in [3.8, 4) is 0 Å². The van der Waals surface area contributed by atoms with E-state index in [2.05, 4.69) is 0 Å². The first-order valence-corrected chi connectivity index (χ1v) is 10.00. The summed E-state index contributed by atoms with van der Waals surface area (Å²) in [5.41, 5.74) is 0.443. The molecule has 0 bridgehead atoms. The monoisotopic (exact) mass is 339 g/mol. The summed E-state index contributed by atoms with van der Waals surface area (Å²) in [6, 6.07) is 6.04. The van der Waals surface area contributed by atoms with Gasteiger partial charge in [0.2, 0.25) is 5.91 Å². The summed E-state index contributed by atoms with van der Waals surface area (Å²) in [6.45, 7) is 0.151. The van der Waals surface area contributed by atoms with Gasteiger partial charge in [-0.3, -0.25) is 4.79 Å². The number of sulfone groups is 1. The van der Waals surface area contributed by atoms with Crippen molar-refractivity contribution in [1.29, 1.82) is 0 Å². The number of carbonyl (C=O) groups is 1. The largest absolute Gasteiger partial charge is 0.334 e. The molecular formula is C17H22FNO3S. The van der Waals surface area contributed by atoms with Crippen LogP contribution in [-0.4, -0.2) is 36.8 Å². The Bertz CT molecular complexity index is 685. The highest BCUT2D eigenvalue weighted by molar-refractivity contribution is 7.91. The fourth-order valence-electron chi connectivity index (χ4n) is 3.31. The van der Waals surface area contributed by atoms with Crippen molar-refractivity contribution in [1.82, 2.24) is 4.90 Å². The zero-order valence-electron chi connectivity index (χ0n) is 13.1. The number of hydrogen-bond donors (Lipinski definition) is 0. The number of halogens is 1. The van der Waals surface area contributed by atoms with E-state index < -0.39 is 9.84 Å². The molecule has 2 fully saturated rings. The van der Waals surface area contributed by atoms with E-state index in [1.54, 1.807) is 23.1 Å². The topological polar surface area (TPSA) is 54.5 Å². The molecule has 1 aliphatic heterocycles. The van der Waals surface area contributed by atoms with Crippen LogP contribution in [0.2, 0.25) is 0 Å². The summed E-state index contributed by atoms with van der Waals surface area (Å²) in [6.07, 6.45) is 4.17. The summed E-state index contributed by atoms with van der Waals surface area (Å²) >= 11 is 0. The van der Waals surface area contributed by atoms with Crippen LogP contribution in [0.4, 0.5) is 4.39 Å². The Balaban J connectivity index is 1.78. The summed E-state index contributed by atoms with van der Waals surface area (Å²) < 4.78 is 37.5. The smallest absolute Gasteiger partial charge is 0.223 e. The standard InChI is InChI=1S/C17H22FNO3S/c18-16-7-2-1-6-14(16)11-19(15-8-9-23(21,22)12-15)17(20)10-13-4-3-5-13/h1-2,6-7,13,15H,3-5,8-12H2/t15-/m0/s1. The Morgan fingerprint density at radius 2 is 1.96 bits per heavy atom. The third-order valence-corrected chi connectivity index (χ3v) is 6.71. The van der Waals surface area contributed by atoms with Crippen LogP contribution in [0.1, 0.15) is 37.7 Å². The van der Waals surface area contributed by atoms with Crippen LogP contribution in [0.3, 0.4) is 0 Å². The zero-order valence-corrected chi connectivity index (χ0v) is 13.9. The van der Waals surface area contributed by atoms with Crippen molar-refractivity contribution >= 4 is 15.7 Å². The molecule has 6 heteroatoms. The van der Waals surface area contributed by atoms with E-state index in [-0.39, 0.29) is 35.8 Å². The fourth-order valence-corrected chi connectivity index (χ4v) is 5.04. The highest BCUT2D eigenvalue weighted by Gasteiger charge is 2.36. The van der Waals surface area contributed by atoms with Gasteiger partial charge in [0.25, 0.3) is 0 Å². The van der Waals surface area contributed by atoms with E-state index >= 15 is 0 Å². The second-order valence-electron chi connectivity index (χ2n) is 6.67. The first kappa shape index (κ1) is 16.4. The van der Waals surface area contributed by atoms with Gasteiger partial charge in [0.05, 0.1) is 11.5 Å². The van der Waals surface area contributed by atoms with Gasteiger partial charge in [-0.15, -0.1) is 0 Å². The molecule has 0 radical (unpaired) electrons. The van der Waals surface area contributed by atoms with E-state index in [0.29, 0.717) is 24.3 Å². The normalized spacial score (nSPS) is 23.4. The molecule has 1 heterocycles. The molecule has 1 saturated heterocycles. The Labute approximate surface area is 136 Å². The lowest BCUT2D eigenvalue weighted by Crippen LogP contribution is -2.42. The molecule has 126 valence electrons. The van der Waals surface area contributed by atoms with Gasteiger partial charge >= 0.3 is 0 Å². The van der Waals surface area contributed by atoms with Gasteiger partial charge in [-0.25, -0.2) is 12.8 Å². The van der Waals surface area contributed by atoms with Gasteiger partial charge < -0.3 is 4.90 Å². The third kappa shape index (κ3) is 3.91. The van der Waals surface area contributed by atoms with Crippen molar-refractivity contribution in [2.75, 3.05) is 11.5 Å².